The topological polar surface area (TPSA) is 78.8 Å². The summed E-state index contributed by atoms with van der Waals surface area (Å²) in [6.07, 6.45) is 0. The lowest BCUT2D eigenvalue weighted by Gasteiger charge is -2.22. The van der Waals surface area contributed by atoms with Gasteiger partial charge in [-0.25, -0.2) is 9.07 Å². The van der Waals surface area contributed by atoms with Gasteiger partial charge < -0.3 is 10.5 Å². The van der Waals surface area contributed by atoms with Gasteiger partial charge in [-0.15, -0.1) is 5.10 Å². The van der Waals surface area contributed by atoms with Gasteiger partial charge in [0.05, 0.1) is 17.8 Å². The number of rotatable bonds is 4. The molecular formula is C12H16FN5O. The predicted molar refractivity (Wildman–Crippen MR) is 68.7 cm³/mol. The third kappa shape index (κ3) is 2.87. The summed E-state index contributed by atoms with van der Waals surface area (Å²) in [5, 5.41) is 11.5. The third-order valence-electron chi connectivity index (χ3n) is 2.87. The molecule has 0 saturated heterocycles. The van der Waals surface area contributed by atoms with Gasteiger partial charge in [-0.2, -0.15) is 0 Å². The number of nitrogen functional groups attached to an aromatic ring is 1. The first kappa shape index (κ1) is 13.4. The number of nitrogens with two attached hydrogens (primary N) is 1. The molecule has 0 aliphatic heterocycles. The summed E-state index contributed by atoms with van der Waals surface area (Å²) in [6, 6.07) is 4.40. The lowest BCUT2D eigenvalue weighted by atomic mass is 10.1. The molecule has 7 heteroatoms. The molecule has 102 valence electrons. The molecule has 2 aromatic rings. The van der Waals surface area contributed by atoms with Gasteiger partial charge in [0, 0.05) is 12.7 Å². The first-order valence-electron chi connectivity index (χ1n) is 5.80. The fraction of sp³-hybridized carbons (Fsp3) is 0.417. The van der Waals surface area contributed by atoms with Crippen molar-refractivity contribution in [3.05, 3.63) is 24.0 Å². The van der Waals surface area contributed by atoms with Crippen molar-refractivity contribution in [2.45, 2.75) is 26.0 Å². The molecule has 0 radical (unpaired) electrons. The lowest BCUT2D eigenvalue weighted by molar-refractivity contribution is 0.00538. The van der Waals surface area contributed by atoms with Crippen molar-refractivity contribution >= 4 is 5.69 Å². The zero-order chi connectivity index (χ0) is 14.0. The highest BCUT2D eigenvalue weighted by molar-refractivity contribution is 5.61. The molecule has 0 atom stereocenters. The van der Waals surface area contributed by atoms with Crippen molar-refractivity contribution in [1.82, 2.24) is 20.2 Å². The number of hydrogen-bond acceptors (Lipinski definition) is 5. The maximum Gasteiger partial charge on any atom is 0.182 e. The first-order valence-corrected chi connectivity index (χ1v) is 5.80. The quantitative estimate of drug-likeness (QED) is 0.847. The number of tetrazole rings is 1. The zero-order valence-electron chi connectivity index (χ0n) is 11.1. The molecule has 2 rings (SSSR count). The fourth-order valence-electron chi connectivity index (χ4n) is 1.63. The molecule has 0 amide bonds. The summed E-state index contributed by atoms with van der Waals surface area (Å²) < 4.78 is 20.1. The van der Waals surface area contributed by atoms with Crippen molar-refractivity contribution in [2.75, 3.05) is 12.8 Å². The summed E-state index contributed by atoms with van der Waals surface area (Å²) in [6.45, 7) is 4.33. The smallest absolute Gasteiger partial charge is 0.182 e. The maximum absolute atomic E-state index is 13.2. The van der Waals surface area contributed by atoms with E-state index in [-0.39, 0.29) is 5.69 Å². The number of aromatic nitrogens is 4. The number of methoxy groups -OCH3 is 1. The Morgan fingerprint density at radius 2 is 2.16 bits per heavy atom. The minimum Gasteiger partial charge on any atom is -0.396 e. The molecule has 6 nitrogen and oxygen atoms in total. The summed E-state index contributed by atoms with van der Waals surface area (Å²) in [7, 11) is 1.62. The minimum atomic E-state index is -0.458. The molecule has 0 saturated carbocycles. The van der Waals surface area contributed by atoms with Crippen molar-refractivity contribution in [2.24, 2.45) is 0 Å². The Hall–Kier alpha value is -2.02. The first-order chi connectivity index (χ1) is 8.93. The minimum absolute atomic E-state index is 0.0676. The molecule has 0 unspecified atom stereocenters. The zero-order valence-corrected chi connectivity index (χ0v) is 11.1. The molecule has 1 heterocycles. The van der Waals surface area contributed by atoms with E-state index in [1.807, 2.05) is 13.8 Å². The van der Waals surface area contributed by atoms with Crippen LogP contribution in [-0.2, 0) is 11.3 Å². The van der Waals surface area contributed by atoms with Gasteiger partial charge in [0.2, 0.25) is 0 Å². The van der Waals surface area contributed by atoms with E-state index < -0.39 is 11.4 Å². The molecule has 0 aliphatic carbocycles. The summed E-state index contributed by atoms with van der Waals surface area (Å²) in [4.78, 5) is 0. The Bertz CT molecular complexity index is 581. The van der Waals surface area contributed by atoms with Crippen LogP contribution in [0.4, 0.5) is 10.1 Å². The van der Waals surface area contributed by atoms with Gasteiger partial charge in [0.15, 0.2) is 5.82 Å². The molecule has 19 heavy (non-hydrogen) atoms. The normalized spacial score (nSPS) is 11.8. The monoisotopic (exact) mass is 265 g/mol. The summed E-state index contributed by atoms with van der Waals surface area (Å²) in [5.41, 5.74) is 5.88. The van der Waals surface area contributed by atoms with Crippen molar-refractivity contribution in [3.8, 4) is 11.4 Å². The number of anilines is 1. The highest BCUT2D eigenvalue weighted by Gasteiger charge is 2.21. The van der Waals surface area contributed by atoms with Crippen LogP contribution in [0.15, 0.2) is 18.2 Å². The Labute approximate surface area is 110 Å². The molecule has 2 N–H and O–H groups in total. The van der Waals surface area contributed by atoms with E-state index in [0.717, 1.165) is 0 Å². The number of hydrogen-bond donors (Lipinski definition) is 1. The van der Waals surface area contributed by atoms with Crippen molar-refractivity contribution in [1.29, 1.82) is 0 Å². The Morgan fingerprint density at radius 1 is 1.42 bits per heavy atom. The van der Waals surface area contributed by atoms with Crippen LogP contribution in [-0.4, -0.2) is 32.9 Å². The van der Waals surface area contributed by atoms with Gasteiger partial charge in [-0.05, 0) is 42.5 Å². The van der Waals surface area contributed by atoms with E-state index in [9.17, 15) is 4.39 Å². The van der Waals surface area contributed by atoms with Crippen LogP contribution in [0.1, 0.15) is 13.8 Å². The Kier molecular flexibility index (Phi) is 3.48. The standard InChI is InChI=1S/C12H16FN5O/c1-12(2,19-3)7-18-11(15-16-17-18)8-4-5-9(13)10(14)6-8/h4-6H,7,14H2,1-3H3. The van der Waals surface area contributed by atoms with E-state index in [0.29, 0.717) is 17.9 Å². The van der Waals surface area contributed by atoms with Gasteiger partial charge in [0.25, 0.3) is 0 Å². The van der Waals surface area contributed by atoms with E-state index in [4.69, 9.17) is 10.5 Å². The van der Waals surface area contributed by atoms with E-state index in [1.54, 1.807) is 17.9 Å². The van der Waals surface area contributed by atoms with E-state index >= 15 is 0 Å². The van der Waals surface area contributed by atoms with Crippen LogP contribution in [0.3, 0.4) is 0 Å². The van der Waals surface area contributed by atoms with Crippen LogP contribution in [0.5, 0.6) is 0 Å². The molecule has 1 aromatic heterocycles. The van der Waals surface area contributed by atoms with Crippen LogP contribution in [0.2, 0.25) is 0 Å². The summed E-state index contributed by atoms with van der Waals surface area (Å²) >= 11 is 0. The summed E-state index contributed by atoms with van der Waals surface area (Å²) in [5.74, 6) is 0.0665. The second-order valence-electron chi connectivity index (χ2n) is 4.86. The SMILES string of the molecule is COC(C)(C)Cn1nnnc1-c1ccc(F)c(N)c1. The van der Waals surface area contributed by atoms with Gasteiger partial charge in [-0.3, -0.25) is 0 Å². The molecule has 1 aromatic carbocycles. The molecule has 0 spiro atoms. The largest absolute Gasteiger partial charge is 0.396 e. The molecular weight excluding hydrogens is 249 g/mol. The van der Waals surface area contributed by atoms with E-state index in [1.165, 1.54) is 12.1 Å². The number of nitrogens with zero attached hydrogens (tertiary/aromatic N) is 4. The van der Waals surface area contributed by atoms with Gasteiger partial charge in [-0.1, -0.05) is 0 Å². The fourth-order valence-corrected chi connectivity index (χ4v) is 1.63. The number of ether oxygens (including phenoxy) is 1. The van der Waals surface area contributed by atoms with Crippen molar-refractivity contribution in [3.63, 3.8) is 0 Å². The second kappa shape index (κ2) is 4.93. The maximum atomic E-state index is 13.2. The highest BCUT2D eigenvalue weighted by atomic mass is 19.1. The number of benzene rings is 1. The van der Waals surface area contributed by atoms with Gasteiger partial charge >= 0.3 is 0 Å². The second-order valence-corrected chi connectivity index (χ2v) is 4.86. The average Bonchev–Trinajstić information content (AvgIpc) is 2.80. The Morgan fingerprint density at radius 3 is 2.79 bits per heavy atom. The average molecular weight is 265 g/mol. The van der Waals surface area contributed by atoms with Crippen LogP contribution in [0, 0.1) is 5.82 Å². The predicted octanol–water partition coefficient (Wildman–Crippen LogP) is 1.49. The molecule has 0 fully saturated rings. The highest BCUT2D eigenvalue weighted by Crippen LogP contribution is 2.22. The lowest BCUT2D eigenvalue weighted by Crippen LogP contribution is -2.30. The van der Waals surface area contributed by atoms with E-state index in [2.05, 4.69) is 15.5 Å². The van der Waals surface area contributed by atoms with Crippen LogP contribution >= 0.6 is 0 Å². The Balaban J connectivity index is 2.36. The van der Waals surface area contributed by atoms with Crippen LogP contribution < -0.4 is 5.73 Å². The number of halogens is 1. The van der Waals surface area contributed by atoms with Crippen molar-refractivity contribution < 1.29 is 9.13 Å². The third-order valence-corrected chi connectivity index (χ3v) is 2.87. The van der Waals surface area contributed by atoms with Gasteiger partial charge in [0.1, 0.15) is 5.82 Å². The molecule has 0 bridgehead atoms. The molecule has 0 aliphatic rings. The van der Waals surface area contributed by atoms with Crippen LogP contribution in [0.25, 0.3) is 11.4 Å².